The molecule has 0 spiro atoms. The van der Waals surface area contributed by atoms with Crippen LogP contribution in [0.1, 0.15) is 0 Å². The van der Waals surface area contributed by atoms with Gasteiger partial charge in [0.25, 0.3) is 0 Å². The van der Waals surface area contributed by atoms with Crippen LogP contribution in [0.4, 0.5) is 0 Å². The Balaban J connectivity index is 2.00. The molecule has 3 nitrogen and oxygen atoms in total. The molecule has 1 heterocycles. The number of hydrogen-bond acceptors (Lipinski definition) is 3. The Hall–Kier alpha value is -0.120. The third-order valence-corrected chi connectivity index (χ3v) is 0.500. The molecule has 0 atom stereocenters. The Morgan fingerprint density at radius 2 is 1.00 bits per heavy atom. The van der Waals surface area contributed by atoms with Gasteiger partial charge in [-0.05, 0) is 0 Å². The summed E-state index contributed by atoms with van der Waals surface area (Å²) in [5.74, 6) is 0. The molecule has 0 aromatic heterocycles. The van der Waals surface area contributed by atoms with E-state index < -0.39 is 0 Å². The van der Waals surface area contributed by atoms with Crippen LogP contribution in [0.15, 0.2) is 0 Å². The van der Waals surface area contributed by atoms with E-state index in [0.717, 1.165) is 0 Å². The van der Waals surface area contributed by atoms with Crippen molar-refractivity contribution in [3.8, 4) is 0 Å². The number of hydrogen-bond donors (Lipinski definition) is 0. The molecule has 0 aromatic carbocycles. The third kappa shape index (κ3) is 0.931. The molecule has 3 heteroatoms. The lowest BCUT2D eigenvalue weighted by atomic mass is 12.0. The van der Waals surface area contributed by atoms with Crippen LogP contribution < -0.4 is 0 Å². The average Bonchev–Trinajstić information content (AvgIpc) is 1.72. The average molecular weight is 93.1 g/mol. The van der Waals surface area contributed by atoms with Crippen LogP contribution in [0.2, 0.25) is 0 Å². The molecule has 1 aliphatic heterocycles. The Bertz CT molecular complexity index is 21.5. The van der Waals surface area contributed by atoms with Gasteiger partial charge in [0.2, 0.25) is 0 Å². The maximum absolute atomic E-state index is 4.62. The molecule has 0 saturated carbocycles. The Kier molecular flexibility index (Phi) is 1.43. The summed E-state index contributed by atoms with van der Waals surface area (Å²) in [6.45, 7) is 1.12. The monoisotopic (exact) mass is 93.0 g/mol. The summed E-state index contributed by atoms with van der Waals surface area (Å²) in [7, 11) is 0. The summed E-state index contributed by atoms with van der Waals surface area (Å²) in [6, 6.07) is 0. The summed E-state index contributed by atoms with van der Waals surface area (Å²) < 4.78 is 13.9. The van der Waals surface area contributed by atoms with Crippen molar-refractivity contribution < 1.29 is 14.2 Å². The van der Waals surface area contributed by atoms with Gasteiger partial charge in [0.15, 0.2) is 20.4 Å². The first kappa shape index (κ1) is 4.05. The van der Waals surface area contributed by atoms with E-state index in [9.17, 15) is 0 Å². The highest BCUT2D eigenvalue weighted by molar-refractivity contribution is 4.09. The minimum atomic E-state index is 0.375. The minimum Gasteiger partial charge on any atom is -0.329 e. The quantitative estimate of drug-likeness (QED) is 0.392. The second-order valence-electron chi connectivity index (χ2n) is 0.966. The molecule has 1 aliphatic rings. The van der Waals surface area contributed by atoms with Gasteiger partial charge in [-0.25, -0.2) is 0 Å². The van der Waals surface area contributed by atoms with E-state index in [0.29, 0.717) is 20.4 Å². The van der Waals surface area contributed by atoms with Gasteiger partial charge < -0.3 is 14.2 Å². The van der Waals surface area contributed by atoms with E-state index in [1.54, 1.807) is 0 Å². The van der Waals surface area contributed by atoms with Gasteiger partial charge in [-0.15, -0.1) is 0 Å². The minimum absolute atomic E-state index is 0.375. The largest absolute Gasteiger partial charge is 0.329 e. The van der Waals surface area contributed by atoms with Crippen LogP contribution in [0, 0.1) is 0 Å². The first-order chi connectivity index (χ1) is 3.00. The zero-order valence-corrected chi connectivity index (χ0v) is 3.35. The van der Waals surface area contributed by atoms with Crippen molar-refractivity contribution in [3.63, 3.8) is 0 Å². The SMILES string of the molecule is [13CH2]1O[13CH2]O[13CH2]O1. The van der Waals surface area contributed by atoms with Gasteiger partial charge >= 0.3 is 0 Å². The molecule has 1 fully saturated rings. The predicted molar refractivity (Wildman–Crippen MR) is 17.9 cm³/mol. The second-order valence-corrected chi connectivity index (χ2v) is 0.966. The van der Waals surface area contributed by atoms with Crippen LogP contribution in [0.25, 0.3) is 0 Å². The van der Waals surface area contributed by atoms with Crippen molar-refractivity contribution in [1.82, 2.24) is 0 Å². The normalized spacial score (nSPS) is 24.0. The fraction of sp³-hybridized carbons (Fsp3) is 1.00. The molecule has 0 amide bonds. The summed E-state index contributed by atoms with van der Waals surface area (Å²) >= 11 is 0. The maximum atomic E-state index is 4.62. The summed E-state index contributed by atoms with van der Waals surface area (Å²) in [5.41, 5.74) is 0. The molecule has 0 bridgehead atoms. The molecule has 0 aromatic rings. The molecule has 1 rings (SSSR count). The van der Waals surface area contributed by atoms with Gasteiger partial charge in [-0.1, -0.05) is 0 Å². The maximum Gasteiger partial charge on any atom is 0.152 e. The van der Waals surface area contributed by atoms with Crippen LogP contribution in [0.5, 0.6) is 0 Å². The zero-order valence-electron chi connectivity index (χ0n) is 3.35. The van der Waals surface area contributed by atoms with Crippen molar-refractivity contribution in [2.24, 2.45) is 0 Å². The number of ether oxygens (including phenoxy) is 3. The highest BCUT2D eigenvalue weighted by Gasteiger charge is 1.93. The predicted octanol–water partition coefficient (Wildman–Crippen LogP) is -0.0777. The van der Waals surface area contributed by atoms with E-state index in [4.69, 9.17) is 0 Å². The molecule has 0 radical (unpaired) electrons. The van der Waals surface area contributed by atoms with Crippen molar-refractivity contribution >= 4 is 0 Å². The lowest BCUT2D eigenvalue weighted by Crippen LogP contribution is -2.14. The summed E-state index contributed by atoms with van der Waals surface area (Å²) in [6.07, 6.45) is 0. The van der Waals surface area contributed by atoms with Crippen molar-refractivity contribution in [3.05, 3.63) is 0 Å². The van der Waals surface area contributed by atoms with Gasteiger partial charge in [0.05, 0.1) is 0 Å². The van der Waals surface area contributed by atoms with Crippen LogP contribution in [-0.2, 0) is 14.2 Å². The first-order valence-corrected chi connectivity index (χ1v) is 1.73. The molecule has 36 valence electrons. The van der Waals surface area contributed by atoms with E-state index in [1.807, 2.05) is 0 Å². The molecule has 6 heavy (non-hydrogen) atoms. The fourth-order valence-corrected chi connectivity index (χ4v) is 0.279. The molecule has 1 saturated heterocycles. The topological polar surface area (TPSA) is 27.7 Å². The molecule has 0 unspecified atom stereocenters. The lowest BCUT2D eigenvalue weighted by molar-refractivity contribution is -0.247. The first-order valence-electron chi connectivity index (χ1n) is 1.73. The Morgan fingerprint density at radius 3 is 1.17 bits per heavy atom. The van der Waals surface area contributed by atoms with Crippen LogP contribution >= 0.6 is 0 Å². The van der Waals surface area contributed by atoms with Gasteiger partial charge in [-0.2, -0.15) is 0 Å². The summed E-state index contributed by atoms with van der Waals surface area (Å²) in [5, 5.41) is 0. The fourth-order valence-electron chi connectivity index (χ4n) is 0.279. The molecular weight excluding hydrogens is 87.0 g/mol. The number of rotatable bonds is 0. The Labute approximate surface area is 35.8 Å². The smallest absolute Gasteiger partial charge is 0.152 e. The van der Waals surface area contributed by atoms with Gasteiger partial charge in [0.1, 0.15) is 0 Å². The van der Waals surface area contributed by atoms with Crippen molar-refractivity contribution in [2.45, 2.75) is 0 Å². The van der Waals surface area contributed by atoms with E-state index in [1.165, 1.54) is 0 Å². The van der Waals surface area contributed by atoms with Crippen LogP contribution in [-0.4, -0.2) is 20.4 Å². The van der Waals surface area contributed by atoms with E-state index in [2.05, 4.69) is 14.2 Å². The second kappa shape index (κ2) is 2.12. The van der Waals surface area contributed by atoms with Crippen LogP contribution in [0.3, 0.4) is 0 Å². The van der Waals surface area contributed by atoms with E-state index in [-0.39, 0.29) is 0 Å². The highest BCUT2D eigenvalue weighted by Crippen LogP contribution is 1.87. The van der Waals surface area contributed by atoms with E-state index >= 15 is 0 Å². The molecular formula is C3H6O3. The molecule has 0 N–H and O–H groups in total. The Morgan fingerprint density at radius 1 is 0.667 bits per heavy atom. The third-order valence-electron chi connectivity index (χ3n) is 0.500. The van der Waals surface area contributed by atoms with Gasteiger partial charge in [0, 0.05) is 0 Å². The highest BCUT2D eigenvalue weighted by atomic mass is 17.0. The van der Waals surface area contributed by atoms with Crippen molar-refractivity contribution in [2.75, 3.05) is 20.4 Å². The standard InChI is InChI=1S/C3H6O3/c1-4-2-6-3-5-1/h1-3H2/i1+1,2+1,3+1. The van der Waals surface area contributed by atoms with Crippen molar-refractivity contribution in [1.29, 1.82) is 0 Å². The van der Waals surface area contributed by atoms with Gasteiger partial charge in [-0.3, -0.25) is 0 Å². The summed E-state index contributed by atoms with van der Waals surface area (Å²) in [4.78, 5) is 0. The lowest BCUT2D eigenvalue weighted by Gasteiger charge is -2.10. The molecule has 0 aliphatic carbocycles. The zero-order chi connectivity index (χ0) is 4.24.